The fourth-order valence-electron chi connectivity index (χ4n) is 0.357. The summed E-state index contributed by atoms with van der Waals surface area (Å²) in [5, 5.41) is 0.663. The van der Waals surface area contributed by atoms with Gasteiger partial charge in [-0.2, -0.15) is 0 Å². The van der Waals surface area contributed by atoms with E-state index in [1.165, 1.54) is 0 Å². The average molecular weight is 219 g/mol. The molecule has 0 aliphatic rings. The van der Waals surface area contributed by atoms with Crippen molar-refractivity contribution in [2.45, 2.75) is 0 Å². The molecule has 0 N–H and O–H groups in total. The van der Waals surface area contributed by atoms with Gasteiger partial charge in [-0.05, 0) is 0 Å². The molecular weight excluding hydrogens is 216 g/mol. The van der Waals surface area contributed by atoms with Gasteiger partial charge in [0.1, 0.15) is 0 Å². The number of rotatable bonds is 0. The number of nitrogens with zero attached hydrogens (tertiary/aromatic N) is 1. The van der Waals surface area contributed by atoms with Crippen LogP contribution in [0.1, 0.15) is 0 Å². The van der Waals surface area contributed by atoms with Crippen molar-refractivity contribution < 1.29 is 19.2 Å². The van der Waals surface area contributed by atoms with Crippen molar-refractivity contribution in [3.63, 3.8) is 0 Å². The Balaban J connectivity index is 3.13. The van der Waals surface area contributed by atoms with E-state index < -0.39 is 0 Å². The maximum absolute atomic E-state index is 5.61. The fourth-order valence-corrected chi connectivity index (χ4v) is 0.724. The van der Waals surface area contributed by atoms with E-state index in [-0.39, 0.29) is 0 Å². The number of aromatic nitrogens is 1. The van der Waals surface area contributed by atoms with E-state index >= 15 is 0 Å². The zero-order valence-corrected chi connectivity index (χ0v) is 6.18. The Bertz CT molecular complexity index is 169. The first kappa shape index (κ1) is 6.23. The second-order valence-corrected chi connectivity index (χ2v) is 2.39. The van der Waals surface area contributed by atoms with Crippen molar-refractivity contribution in [1.29, 1.82) is 0 Å². The van der Waals surface area contributed by atoms with Crippen LogP contribution >= 0.6 is 11.6 Å². The Hall–Kier alpha value is 0.102. The predicted octanol–water partition coefficient (Wildman–Crippen LogP) is 0.907. The topological polar surface area (TPSA) is 12.9 Å². The maximum atomic E-state index is 5.61. The van der Waals surface area contributed by atoms with E-state index in [0.29, 0.717) is 5.02 Å². The van der Waals surface area contributed by atoms with Crippen molar-refractivity contribution in [1.82, 2.24) is 4.98 Å². The summed E-state index contributed by atoms with van der Waals surface area (Å²) in [5.74, 6) is 0. The Morgan fingerprint density at radius 1 is 1.62 bits per heavy atom. The molecule has 0 aliphatic heterocycles. The molecule has 1 nitrogen and oxygen atoms in total. The van der Waals surface area contributed by atoms with E-state index in [0.717, 1.165) is 4.17 Å². The van der Waals surface area contributed by atoms with Crippen molar-refractivity contribution in [3.05, 3.63) is 23.4 Å². The zero-order valence-electron chi connectivity index (χ0n) is 3.87. The summed E-state index contributed by atoms with van der Waals surface area (Å²) >= 11 is 8.51. The third kappa shape index (κ3) is 1.29. The number of halogens is 1. The molecule has 0 fully saturated rings. The van der Waals surface area contributed by atoms with Gasteiger partial charge in [-0.25, -0.2) is 0 Å². The first-order chi connectivity index (χ1) is 3.80. The average Bonchev–Trinajstić information content (AvgIpc) is 1.77. The van der Waals surface area contributed by atoms with Crippen molar-refractivity contribution >= 4 is 15.8 Å². The summed E-state index contributed by atoms with van der Waals surface area (Å²) in [4.78, 5) is 3.88. The van der Waals surface area contributed by atoms with E-state index in [2.05, 4.69) is 24.2 Å². The van der Waals surface area contributed by atoms with Gasteiger partial charge >= 0.3 is 63.3 Å². The van der Waals surface area contributed by atoms with Crippen molar-refractivity contribution in [2.75, 3.05) is 0 Å². The molecule has 0 aliphatic carbocycles. The normalized spacial score (nSPS) is 9.38. The Kier molecular flexibility index (Phi) is 2.02. The molecule has 1 heterocycles. The van der Waals surface area contributed by atoms with Gasteiger partial charge in [0, 0.05) is 0 Å². The molecule has 0 spiro atoms. The SMILES string of the molecule is Clc1cccn[c]1[Pd]. The van der Waals surface area contributed by atoms with Crippen LogP contribution in [0.15, 0.2) is 18.3 Å². The van der Waals surface area contributed by atoms with Crippen molar-refractivity contribution in [2.24, 2.45) is 0 Å². The van der Waals surface area contributed by atoms with Crippen LogP contribution in [0.4, 0.5) is 0 Å². The van der Waals surface area contributed by atoms with Crippen LogP contribution in [0.5, 0.6) is 0 Å². The summed E-state index contributed by atoms with van der Waals surface area (Å²) in [6, 6.07) is 3.58. The zero-order chi connectivity index (χ0) is 5.98. The molecule has 0 saturated carbocycles. The Labute approximate surface area is 63.5 Å². The van der Waals surface area contributed by atoms with E-state index in [1.54, 1.807) is 18.3 Å². The monoisotopic (exact) mass is 218 g/mol. The molecule has 0 saturated heterocycles. The third-order valence-electron chi connectivity index (χ3n) is 0.691. The van der Waals surface area contributed by atoms with Gasteiger partial charge in [0.05, 0.1) is 0 Å². The minimum absolute atomic E-state index is 0.663. The molecule has 3 heteroatoms. The molecule has 0 aromatic carbocycles. The van der Waals surface area contributed by atoms with Gasteiger partial charge in [-0.1, -0.05) is 0 Å². The van der Waals surface area contributed by atoms with Crippen molar-refractivity contribution in [3.8, 4) is 0 Å². The first-order valence-electron chi connectivity index (χ1n) is 2.03. The second-order valence-electron chi connectivity index (χ2n) is 1.25. The molecule has 0 bridgehead atoms. The van der Waals surface area contributed by atoms with Crippen LogP contribution in [0.3, 0.4) is 0 Å². The Morgan fingerprint density at radius 2 is 2.38 bits per heavy atom. The molecule has 1 aromatic heterocycles. The molecule has 0 atom stereocenters. The van der Waals surface area contributed by atoms with Gasteiger partial charge in [0.25, 0.3) is 0 Å². The molecule has 1 rings (SSSR count). The van der Waals surface area contributed by atoms with Crippen LogP contribution in [0, 0.1) is 0 Å². The summed E-state index contributed by atoms with van der Waals surface area (Å²) in [6.45, 7) is 0. The summed E-state index contributed by atoms with van der Waals surface area (Å²) < 4.78 is 0.733. The Morgan fingerprint density at radius 3 is 2.75 bits per heavy atom. The van der Waals surface area contributed by atoms with Gasteiger partial charge in [0.15, 0.2) is 0 Å². The van der Waals surface area contributed by atoms with Gasteiger partial charge in [-0.3, -0.25) is 0 Å². The number of hydrogen-bond acceptors (Lipinski definition) is 1. The standard InChI is InChI=1S/C5H3ClN.Pd/c6-5-2-1-3-7-4-5;/h1-3H;. The quantitative estimate of drug-likeness (QED) is 0.591. The van der Waals surface area contributed by atoms with Crippen LogP contribution in [-0.2, 0) is 19.2 Å². The molecule has 1 aromatic rings. The molecule has 0 radical (unpaired) electrons. The molecule has 8 heavy (non-hydrogen) atoms. The summed E-state index contributed by atoms with van der Waals surface area (Å²) in [7, 11) is 0. The van der Waals surface area contributed by atoms with E-state index in [1.807, 2.05) is 0 Å². The third-order valence-corrected chi connectivity index (χ3v) is 1.83. The van der Waals surface area contributed by atoms with E-state index in [9.17, 15) is 0 Å². The van der Waals surface area contributed by atoms with E-state index in [4.69, 9.17) is 11.6 Å². The van der Waals surface area contributed by atoms with Gasteiger partial charge in [-0.15, -0.1) is 0 Å². The molecular formula is C5H3ClNPd. The van der Waals surface area contributed by atoms with Crippen LogP contribution in [0.25, 0.3) is 0 Å². The molecule has 0 amide bonds. The predicted molar refractivity (Wildman–Crippen MR) is 28.9 cm³/mol. The first-order valence-corrected chi connectivity index (χ1v) is 3.19. The summed E-state index contributed by atoms with van der Waals surface area (Å²) in [5.41, 5.74) is 0. The number of pyridine rings is 1. The van der Waals surface area contributed by atoms with Crippen LogP contribution in [-0.4, -0.2) is 4.98 Å². The summed E-state index contributed by atoms with van der Waals surface area (Å²) in [6.07, 6.45) is 1.69. The second kappa shape index (κ2) is 2.59. The fraction of sp³-hybridized carbons (Fsp3) is 0. The van der Waals surface area contributed by atoms with Crippen LogP contribution < -0.4 is 4.17 Å². The van der Waals surface area contributed by atoms with Crippen LogP contribution in [0.2, 0.25) is 5.02 Å². The van der Waals surface area contributed by atoms with Gasteiger partial charge in [0.2, 0.25) is 0 Å². The molecule has 0 unspecified atom stereocenters. The van der Waals surface area contributed by atoms with Gasteiger partial charge < -0.3 is 0 Å². The number of hydrogen-bond donors (Lipinski definition) is 0. The molecule has 45 valence electrons. The minimum atomic E-state index is 0.663.